The molecule has 7 nitrogen and oxygen atoms in total. The molecule has 0 aliphatic carbocycles. The van der Waals surface area contributed by atoms with E-state index in [0.717, 1.165) is 17.0 Å². The van der Waals surface area contributed by atoms with Gasteiger partial charge in [-0.25, -0.2) is 9.78 Å². The predicted octanol–water partition coefficient (Wildman–Crippen LogP) is -0.0867. The van der Waals surface area contributed by atoms with E-state index in [1.165, 1.54) is 14.0 Å². The third-order valence-corrected chi connectivity index (χ3v) is 2.27. The van der Waals surface area contributed by atoms with Crippen LogP contribution in [-0.2, 0) is 4.79 Å². The monoisotopic (exact) mass is 258 g/mol. The second-order valence-electron chi connectivity index (χ2n) is 3.20. The second-order valence-corrected chi connectivity index (χ2v) is 3.59. The highest BCUT2D eigenvalue weighted by Gasteiger charge is 2.18. The first-order valence-corrected chi connectivity index (χ1v) is 5.09. The molecule has 0 spiro atoms. The number of aromatic nitrogens is 2. The van der Waals surface area contributed by atoms with Gasteiger partial charge >= 0.3 is 6.03 Å². The number of nitrogens with one attached hydrogen (secondary N) is 2. The largest absolute Gasteiger partial charge is 0.341 e. The van der Waals surface area contributed by atoms with Gasteiger partial charge in [-0.05, 0) is 6.92 Å². The zero-order valence-electron chi connectivity index (χ0n) is 9.23. The molecular weight excluding hydrogens is 248 g/mol. The Labute approximate surface area is 102 Å². The van der Waals surface area contributed by atoms with Crippen LogP contribution in [0.3, 0.4) is 0 Å². The molecule has 2 N–H and O–H groups in total. The predicted molar refractivity (Wildman–Crippen MR) is 60.8 cm³/mol. The summed E-state index contributed by atoms with van der Waals surface area (Å²) < 4.78 is 1.07. The van der Waals surface area contributed by atoms with Crippen molar-refractivity contribution >= 4 is 23.5 Å². The maximum absolute atomic E-state index is 11.6. The molecule has 8 heteroatoms. The van der Waals surface area contributed by atoms with Gasteiger partial charge in [0.1, 0.15) is 11.2 Å². The Morgan fingerprint density at radius 3 is 2.71 bits per heavy atom. The van der Waals surface area contributed by atoms with E-state index in [9.17, 15) is 14.4 Å². The summed E-state index contributed by atoms with van der Waals surface area (Å²) in [6.45, 7) is 1.47. The zero-order chi connectivity index (χ0) is 13.0. The third kappa shape index (κ3) is 3.28. The number of rotatable bonds is 2. The molecule has 0 bridgehead atoms. The Kier molecular flexibility index (Phi) is 4.22. The highest BCUT2D eigenvalue weighted by molar-refractivity contribution is 6.29. The fourth-order valence-corrected chi connectivity index (χ4v) is 1.22. The van der Waals surface area contributed by atoms with E-state index in [1.807, 2.05) is 0 Å². The lowest BCUT2D eigenvalue weighted by atomic mass is 10.3. The van der Waals surface area contributed by atoms with Crippen molar-refractivity contribution in [1.82, 2.24) is 20.2 Å². The van der Waals surface area contributed by atoms with Gasteiger partial charge in [-0.3, -0.25) is 19.5 Å². The van der Waals surface area contributed by atoms with Crippen LogP contribution in [0.15, 0.2) is 17.2 Å². The average Bonchev–Trinajstić information content (AvgIpc) is 2.28. The highest BCUT2D eigenvalue weighted by Crippen LogP contribution is 2.03. The van der Waals surface area contributed by atoms with Crippen LogP contribution in [0.4, 0.5) is 4.79 Å². The molecular formula is C9H11ClN4O3. The summed E-state index contributed by atoms with van der Waals surface area (Å²) in [5.41, 5.74) is -0.468. The van der Waals surface area contributed by atoms with Crippen LogP contribution < -0.4 is 16.2 Å². The molecule has 0 radical (unpaired) electrons. The van der Waals surface area contributed by atoms with Crippen molar-refractivity contribution in [2.24, 2.45) is 0 Å². The van der Waals surface area contributed by atoms with Gasteiger partial charge in [0.25, 0.3) is 11.5 Å². The number of nitrogens with zero attached hydrogens (tertiary/aromatic N) is 2. The zero-order valence-corrected chi connectivity index (χ0v) is 9.99. The molecule has 0 aromatic carbocycles. The van der Waals surface area contributed by atoms with Crippen LogP contribution in [0, 0.1) is 0 Å². The Balaban J connectivity index is 2.89. The first-order chi connectivity index (χ1) is 7.95. The lowest BCUT2D eigenvalue weighted by Gasteiger charge is -2.13. The fourth-order valence-electron chi connectivity index (χ4n) is 1.08. The van der Waals surface area contributed by atoms with Gasteiger partial charge in [0.15, 0.2) is 0 Å². The molecule has 1 heterocycles. The van der Waals surface area contributed by atoms with Gasteiger partial charge in [-0.1, -0.05) is 11.6 Å². The molecule has 17 heavy (non-hydrogen) atoms. The molecule has 1 aromatic rings. The number of carbonyl (C=O) groups is 2. The molecule has 92 valence electrons. The SMILES string of the molecule is CNC(=O)NC(=O)C(C)n1cnc(Cl)cc1=O. The average molecular weight is 259 g/mol. The van der Waals surface area contributed by atoms with Crippen molar-refractivity contribution in [3.05, 3.63) is 27.9 Å². The summed E-state index contributed by atoms with van der Waals surface area (Å²) in [5, 5.41) is 4.34. The number of imide groups is 1. The van der Waals surface area contributed by atoms with Crippen LogP contribution in [0.2, 0.25) is 5.15 Å². The number of hydrogen-bond acceptors (Lipinski definition) is 4. The van der Waals surface area contributed by atoms with E-state index < -0.39 is 23.5 Å². The minimum absolute atomic E-state index is 0.0464. The van der Waals surface area contributed by atoms with E-state index in [-0.39, 0.29) is 5.15 Å². The number of halogens is 1. The van der Waals surface area contributed by atoms with E-state index in [0.29, 0.717) is 0 Å². The maximum atomic E-state index is 11.6. The summed E-state index contributed by atoms with van der Waals surface area (Å²) >= 11 is 5.52. The quantitative estimate of drug-likeness (QED) is 0.725. The van der Waals surface area contributed by atoms with Crippen molar-refractivity contribution in [2.75, 3.05) is 7.05 Å². The van der Waals surface area contributed by atoms with Crippen LogP contribution in [0.25, 0.3) is 0 Å². The van der Waals surface area contributed by atoms with Crippen molar-refractivity contribution in [2.45, 2.75) is 13.0 Å². The number of hydrogen-bond donors (Lipinski definition) is 2. The minimum atomic E-state index is -0.857. The Hall–Kier alpha value is -1.89. The van der Waals surface area contributed by atoms with Crippen molar-refractivity contribution < 1.29 is 9.59 Å². The van der Waals surface area contributed by atoms with Gasteiger partial charge in [-0.2, -0.15) is 0 Å². The lowest BCUT2D eigenvalue weighted by molar-refractivity contribution is -0.122. The normalized spacial score (nSPS) is 11.7. The minimum Gasteiger partial charge on any atom is -0.341 e. The molecule has 0 aliphatic rings. The lowest BCUT2D eigenvalue weighted by Crippen LogP contribution is -2.42. The van der Waals surface area contributed by atoms with Gasteiger partial charge in [0, 0.05) is 13.1 Å². The molecule has 1 aromatic heterocycles. The highest BCUT2D eigenvalue weighted by atomic mass is 35.5. The summed E-state index contributed by atoms with van der Waals surface area (Å²) in [7, 11) is 1.38. The van der Waals surface area contributed by atoms with E-state index >= 15 is 0 Å². The maximum Gasteiger partial charge on any atom is 0.321 e. The van der Waals surface area contributed by atoms with Crippen LogP contribution in [0.1, 0.15) is 13.0 Å². The van der Waals surface area contributed by atoms with Crippen LogP contribution >= 0.6 is 11.6 Å². The smallest absolute Gasteiger partial charge is 0.321 e. The molecule has 0 aliphatic heterocycles. The number of urea groups is 1. The van der Waals surface area contributed by atoms with E-state index in [4.69, 9.17) is 11.6 Å². The topological polar surface area (TPSA) is 93.1 Å². The summed E-state index contributed by atoms with van der Waals surface area (Å²) in [6.07, 6.45) is 1.15. The van der Waals surface area contributed by atoms with Crippen LogP contribution in [-0.4, -0.2) is 28.5 Å². The van der Waals surface area contributed by atoms with E-state index in [2.05, 4.69) is 15.6 Å². The molecule has 0 saturated heterocycles. The molecule has 1 atom stereocenters. The van der Waals surface area contributed by atoms with Crippen molar-refractivity contribution in [1.29, 1.82) is 0 Å². The van der Waals surface area contributed by atoms with Gasteiger partial charge in [0.05, 0.1) is 6.33 Å². The van der Waals surface area contributed by atoms with Crippen molar-refractivity contribution in [3.8, 4) is 0 Å². The molecule has 0 fully saturated rings. The molecule has 0 saturated carbocycles. The summed E-state index contributed by atoms with van der Waals surface area (Å²) in [4.78, 5) is 37.7. The van der Waals surface area contributed by atoms with Gasteiger partial charge in [-0.15, -0.1) is 0 Å². The molecule has 1 rings (SSSR count). The number of carbonyl (C=O) groups excluding carboxylic acids is 2. The van der Waals surface area contributed by atoms with Gasteiger partial charge < -0.3 is 5.32 Å². The van der Waals surface area contributed by atoms with Gasteiger partial charge in [0.2, 0.25) is 0 Å². The summed E-state index contributed by atoms with van der Waals surface area (Å²) in [5.74, 6) is -0.615. The van der Waals surface area contributed by atoms with E-state index in [1.54, 1.807) is 0 Å². The van der Waals surface area contributed by atoms with Crippen molar-refractivity contribution in [3.63, 3.8) is 0 Å². The van der Waals surface area contributed by atoms with Crippen LogP contribution in [0.5, 0.6) is 0 Å². The fraction of sp³-hybridized carbons (Fsp3) is 0.333. The second kappa shape index (κ2) is 5.44. The first kappa shape index (κ1) is 13.2. The Morgan fingerprint density at radius 1 is 1.53 bits per heavy atom. The Morgan fingerprint density at radius 2 is 2.18 bits per heavy atom. The Bertz CT molecular complexity index is 499. The number of amides is 3. The molecule has 3 amide bonds. The third-order valence-electron chi connectivity index (χ3n) is 2.06. The standard InChI is InChI=1S/C9H11ClN4O3/c1-5(8(16)13-9(17)11-2)14-4-12-6(10)3-7(14)15/h3-5H,1-2H3,(H2,11,13,16,17). The first-order valence-electron chi connectivity index (χ1n) is 4.72. The molecule has 1 unspecified atom stereocenters. The summed E-state index contributed by atoms with van der Waals surface area (Å²) in [6, 6.07) is -0.410.